The van der Waals surface area contributed by atoms with E-state index in [0.717, 1.165) is 11.3 Å². The van der Waals surface area contributed by atoms with Gasteiger partial charge < -0.3 is 10.5 Å². The molecule has 2 N–H and O–H groups in total. The Morgan fingerprint density at radius 2 is 2.13 bits per heavy atom. The third-order valence-electron chi connectivity index (χ3n) is 2.17. The topological polar surface area (TPSA) is 35.2 Å². The second-order valence-electron chi connectivity index (χ2n) is 3.91. The van der Waals surface area contributed by atoms with E-state index in [1.54, 1.807) is 0 Å². The molecule has 0 saturated carbocycles. The van der Waals surface area contributed by atoms with Crippen LogP contribution in [0.3, 0.4) is 0 Å². The molecule has 0 bridgehead atoms. The van der Waals surface area contributed by atoms with Crippen molar-refractivity contribution in [2.45, 2.75) is 27.3 Å². The van der Waals surface area contributed by atoms with Gasteiger partial charge in [-0.2, -0.15) is 0 Å². The fourth-order valence-corrected chi connectivity index (χ4v) is 1.31. The van der Waals surface area contributed by atoms with Gasteiger partial charge in [0.15, 0.2) is 0 Å². The van der Waals surface area contributed by atoms with Crippen LogP contribution in [-0.4, -0.2) is 6.61 Å². The largest absolute Gasteiger partial charge is 0.489 e. The highest BCUT2D eigenvalue weighted by Gasteiger charge is 2.01. The minimum atomic E-state index is 0.520. The zero-order valence-electron chi connectivity index (χ0n) is 9.71. The van der Waals surface area contributed by atoms with Gasteiger partial charge in [0.2, 0.25) is 0 Å². The zero-order valence-corrected chi connectivity index (χ0v) is 9.71. The predicted molar refractivity (Wildman–Crippen MR) is 64.0 cm³/mol. The van der Waals surface area contributed by atoms with Crippen molar-refractivity contribution in [3.8, 4) is 5.75 Å². The van der Waals surface area contributed by atoms with Crippen molar-refractivity contribution in [1.29, 1.82) is 0 Å². The number of ether oxygens (including phenoxy) is 1. The molecule has 0 aromatic heterocycles. The lowest BCUT2D eigenvalue weighted by molar-refractivity contribution is 0.358. The molecule has 0 atom stereocenters. The summed E-state index contributed by atoms with van der Waals surface area (Å²) in [6.45, 7) is 7.30. The molecule has 0 spiro atoms. The van der Waals surface area contributed by atoms with Gasteiger partial charge in [-0.25, -0.2) is 0 Å². The van der Waals surface area contributed by atoms with Crippen LogP contribution in [0.5, 0.6) is 5.75 Å². The summed E-state index contributed by atoms with van der Waals surface area (Å²) in [5.74, 6) is 0.889. The fraction of sp³-hybridized carbons (Fsp3) is 0.385. The molecule has 1 aromatic carbocycles. The van der Waals surface area contributed by atoms with Crippen LogP contribution in [0.1, 0.15) is 25.0 Å². The SMILES string of the molecule is CC(C)=CCOc1ccc(C)cc1CN. The molecule has 0 amide bonds. The molecular weight excluding hydrogens is 186 g/mol. The van der Waals surface area contributed by atoms with Crippen LogP contribution >= 0.6 is 0 Å². The maximum absolute atomic E-state index is 5.66. The standard InChI is InChI=1S/C13H19NO/c1-10(2)6-7-15-13-5-4-11(3)8-12(13)9-14/h4-6,8H,7,9,14H2,1-3H3. The summed E-state index contributed by atoms with van der Waals surface area (Å²) in [6, 6.07) is 6.09. The smallest absolute Gasteiger partial charge is 0.124 e. The van der Waals surface area contributed by atoms with Gasteiger partial charge >= 0.3 is 0 Å². The summed E-state index contributed by atoms with van der Waals surface area (Å²) in [5, 5.41) is 0. The van der Waals surface area contributed by atoms with Crippen molar-refractivity contribution in [2.75, 3.05) is 6.61 Å². The van der Waals surface area contributed by atoms with Gasteiger partial charge in [-0.15, -0.1) is 0 Å². The molecule has 0 heterocycles. The van der Waals surface area contributed by atoms with Crippen LogP contribution in [0, 0.1) is 6.92 Å². The minimum Gasteiger partial charge on any atom is -0.489 e. The average Bonchev–Trinajstić information content (AvgIpc) is 2.19. The fourth-order valence-electron chi connectivity index (χ4n) is 1.31. The third kappa shape index (κ3) is 3.76. The first-order valence-corrected chi connectivity index (χ1v) is 5.19. The highest BCUT2D eigenvalue weighted by atomic mass is 16.5. The van der Waals surface area contributed by atoms with E-state index in [1.165, 1.54) is 11.1 Å². The third-order valence-corrected chi connectivity index (χ3v) is 2.17. The summed E-state index contributed by atoms with van der Waals surface area (Å²) < 4.78 is 5.64. The lowest BCUT2D eigenvalue weighted by Gasteiger charge is -2.09. The molecule has 0 radical (unpaired) electrons. The van der Waals surface area contributed by atoms with E-state index < -0.39 is 0 Å². The lowest BCUT2D eigenvalue weighted by Crippen LogP contribution is -2.03. The Morgan fingerprint density at radius 1 is 1.40 bits per heavy atom. The number of hydrogen-bond donors (Lipinski definition) is 1. The molecule has 0 saturated heterocycles. The van der Waals surface area contributed by atoms with E-state index >= 15 is 0 Å². The zero-order chi connectivity index (χ0) is 11.3. The molecule has 0 fully saturated rings. The lowest BCUT2D eigenvalue weighted by atomic mass is 10.1. The summed E-state index contributed by atoms with van der Waals surface area (Å²) in [7, 11) is 0. The Balaban J connectivity index is 2.72. The molecule has 1 rings (SSSR count). The van der Waals surface area contributed by atoms with Crippen molar-refractivity contribution in [2.24, 2.45) is 5.73 Å². The number of hydrogen-bond acceptors (Lipinski definition) is 2. The van der Waals surface area contributed by atoms with Crippen molar-refractivity contribution in [1.82, 2.24) is 0 Å². The van der Waals surface area contributed by atoms with Crippen molar-refractivity contribution < 1.29 is 4.74 Å². The molecule has 0 aliphatic carbocycles. The van der Waals surface area contributed by atoms with Crippen molar-refractivity contribution in [3.05, 3.63) is 41.0 Å². The van der Waals surface area contributed by atoms with E-state index in [1.807, 2.05) is 12.1 Å². The van der Waals surface area contributed by atoms with Gasteiger partial charge in [0, 0.05) is 12.1 Å². The summed E-state index contributed by atoms with van der Waals surface area (Å²) in [5.41, 5.74) is 9.20. The quantitative estimate of drug-likeness (QED) is 0.767. The van der Waals surface area contributed by atoms with E-state index in [0.29, 0.717) is 13.2 Å². The first-order chi connectivity index (χ1) is 7.13. The number of allylic oxidation sites excluding steroid dienone is 1. The normalized spacial score (nSPS) is 9.87. The predicted octanol–water partition coefficient (Wildman–Crippen LogP) is 2.80. The van der Waals surface area contributed by atoms with Crippen molar-refractivity contribution >= 4 is 0 Å². The molecule has 0 aliphatic heterocycles. The molecule has 0 aliphatic rings. The maximum atomic E-state index is 5.66. The monoisotopic (exact) mass is 205 g/mol. The molecular formula is C13H19NO. The summed E-state index contributed by atoms with van der Waals surface area (Å²) >= 11 is 0. The van der Waals surface area contributed by atoms with Crippen LogP contribution in [-0.2, 0) is 6.54 Å². The molecule has 2 heteroatoms. The Labute approximate surface area is 91.7 Å². The summed E-state index contributed by atoms with van der Waals surface area (Å²) in [6.07, 6.45) is 2.06. The Bertz CT molecular complexity index is 352. The number of rotatable bonds is 4. The molecule has 0 unspecified atom stereocenters. The van der Waals surface area contributed by atoms with Gasteiger partial charge in [-0.05, 0) is 32.9 Å². The molecule has 1 aromatic rings. The van der Waals surface area contributed by atoms with Crippen molar-refractivity contribution in [3.63, 3.8) is 0 Å². The number of aryl methyl sites for hydroxylation is 1. The Kier molecular flexibility index (Phi) is 4.37. The van der Waals surface area contributed by atoms with Crippen LogP contribution in [0.25, 0.3) is 0 Å². The van der Waals surface area contributed by atoms with Gasteiger partial charge in [0.05, 0.1) is 0 Å². The van der Waals surface area contributed by atoms with Gasteiger partial charge in [0.1, 0.15) is 12.4 Å². The second kappa shape index (κ2) is 5.56. The van der Waals surface area contributed by atoms with E-state index in [-0.39, 0.29) is 0 Å². The highest BCUT2D eigenvalue weighted by Crippen LogP contribution is 2.19. The van der Waals surface area contributed by atoms with Crippen LogP contribution in [0.4, 0.5) is 0 Å². The second-order valence-corrected chi connectivity index (χ2v) is 3.91. The first-order valence-electron chi connectivity index (χ1n) is 5.19. The first kappa shape index (κ1) is 11.8. The van der Waals surface area contributed by atoms with Gasteiger partial charge in [-0.1, -0.05) is 23.3 Å². The molecule has 2 nitrogen and oxygen atoms in total. The van der Waals surface area contributed by atoms with E-state index in [2.05, 4.69) is 32.9 Å². The van der Waals surface area contributed by atoms with Crippen LogP contribution < -0.4 is 10.5 Å². The number of nitrogens with two attached hydrogens (primary N) is 1. The van der Waals surface area contributed by atoms with Crippen LogP contribution in [0.15, 0.2) is 29.8 Å². The molecule has 15 heavy (non-hydrogen) atoms. The Hall–Kier alpha value is -1.28. The van der Waals surface area contributed by atoms with Crippen LogP contribution in [0.2, 0.25) is 0 Å². The number of benzene rings is 1. The van der Waals surface area contributed by atoms with E-state index in [4.69, 9.17) is 10.5 Å². The summed E-state index contributed by atoms with van der Waals surface area (Å²) in [4.78, 5) is 0. The minimum absolute atomic E-state index is 0.520. The van der Waals surface area contributed by atoms with E-state index in [9.17, 15) is 0 Å². The Morgan fingerprint density at radius 3 is 2.73 bits per heavy atom. The van der Waals surface area contributed by atoms with Gasteiger partial charge in [-0.3, -0.25) is 0 Å². The average molecular weight is 205 g/mol. The van der Waals surface area contributed by atoms with Gasteiger partial charge in [0.25, 0.3) is 0 Å². The molecule has 82 valence electrons. The maximum Gasteiger partial charge on any atom is 0.124 e. The highest BCUT2D eigenvalue weighted by molar-refractivity contribution is 5.36.